The van der Waals surface area contributed by atoms with Gasteiger partial charge in [-0.2, -0.15) is 11.8 Å². The van der Waals surface area contributed by atoms with E-state index in [1.165, 1.54) is 24.3 Å². The van der Waals surface area contributed by atoms with Crippen molar-refractivity contribution < 1.29 is 9.84 Å². The molecular formula is C15H22O2S. The molecule has 2 nitrogen and oxygen atoms in total. The summed E-state index contributed by atoms with van der Waals surface area (Å²) in [6.45, 7) is 0. The summed E-state index contributed by atoms with van der Waals surface area (Å²) < 4.78 is 5.20. The fourth-order valence-corrected chi connectivity index (χ4v) is 3.73. The highest BCUT2D eigenvalue weighted by molar-refractivity contribution is 7.99. The number of hydrogen-bond donors (Lipinski definition) is 1. The molecule has 1 fully saturated rings. The van der Waals surface area contributed by atoms with Crippen molar-refractivity contribution in [3.05, 3.63) is 29.8 Å². The van der Waals surface area contributed by atoms with Gasteiger partial charge in [0, 0.05) is 0 Å². The minimum Gasteiger partial charge on any atom is -0.497 e. The molecular weight excluding hydrogens is 244 g/mol. The number of benzene rings is 1. The van der Waals surface area contributed by atoms with Crippen LogP contribution in [-0.4, -0.2) is 29.8 Å². The summed E-state index contributed by atoms with van der Waals surface area (Å²) in [5.41, 5.74) is 1.16. The van der Waals surface area contributed by atoms with Crippen LogP contribution in [0, 0.1) is 5.92 Å². The molecule has 0 spiro atoms. The number of thioether (sulfide) groups is 1. The zero-order valence-electron chi connectivity index (χ0n) is 11.0. The lowest BCUT2D eigenvalue weighted by atomic mass is 9.93. The van der Waals surface area contributed by atoms with E-state index in [0.29, 0.717) is 5.92 Å². The van der Waals surface area contributed by atoms with Gasteiger partial charge in [-0.15, -0.1) is 0 Å². The lowest BCUT2D eigenvalue weighted by Gasteiger charge is -2.23. The molecule has 0 aliphatic carbocycles. The summed E-state index contributed by atoms with van der Waals surface area (Å²) in [7, 11) is 1.68. The molecule has 2 rings (SSSR count). The van der Waals surface area contributed by atoms with Gasteiger partial charge < -0.3 is 9.84 Å². The first-order valence-corrected chi connectivity index (χ1v) is 7.82. The molecule has 0 bridgehead atoms. The standard InChI is InChI=1S/C15H22O2S/c1-17-15-4-2-3-13(11-15)10-14(16)9-12-5-7-18-8-6-12/h2-4,11-12,14,16H,5-10H2,1H3. The molecule has 100 valence electrons. The predicted molar refractivity (Wildman–Crippen MR) is 77.4 cm³/mol. The van der Waals surface area contributed by atoms with Crippen molar-refractivity contribution in [2.24, 2.45) is 5.92 Å². The van der Waals surface area contributed by atoms with Gasteiger partial charge >= 0.3 is 0 Å². The Morgan fingerprint density at radius 3 is 2.89 bits per heavy atom. The maximum atomic E-state index is 10.2. The maximum absolute atomic E-state index is 10.2. The van der Waals surface area contributed by atoms with Crippen molar-refractivity contribution in [1.29, 1.82) is 0 Å². The fourth-order valence-electron chi connectivity index (χ4n) is 2.52. The molecule has 18 heavy (non-hydrogen) atoms. The van der Waals surface area contributed by atoms with Crippen LogP contribution in [0.2, 0.25) is 0 Å². The topological polar surface area (TPSA) is 29.5 Å². The van der Waals surface area contributed by atoms with Crippen LogP contribution in [0.25, 0.3) is 0 Å². The molecule has 1 saturated heterocycles. The summed E-state index contributed by atoms with van der Waals surface area (Å²) in [4.78, 5) is 0. The van der Waals surface area contributed by atoms with Crippen LogP contribution < -0.4 is 4.74 Å². The molecule has 1 unspecified atom stereocenters. The molecule has 1 heterocycles. The van der Waals surface area contributed by atoms with Crippen molar-refractivity contribution >= 4 is 11.8 Å². The SMILES string of the molecule is COc1cccc(CC(O)CC2CCSCC2)c1. The second kappa shape index (κ2) is 7.05. The third-order valence-electron chi connectivity index (χ3n) is 3.55. The van der Waals surface area contributed by atoms with E-state index in [9.17, 15) is 5.11 Å². The highest BCUT2D eigenvalue weighted by atomic mass is 32.2. The zero-order valence-corrected chi connectivity index (χ0v) is 11.8. The Morgan fingerprint density at radius 1 is 1.39 bits per heavy atom. The van der Waals surface area contributed by atoms with Crippen LogP contribution >= 0.6 is 11.8 Å². The third kappa shape index (κ3) is 4.21. The molecule has 0 aromatic heterocycles. The molecule has 0 amide bonds. The molecule has 1 aliphatic rings. The van der Waals surface area contributed by atoms with E-state index in [0.717, 1.165) is 24.2 Å². The average Bonchev–Trinajstić information content (AvgIpc) is 2.40. The monoisotopic (exact) mass is 266 g/mol. The van der Waals surface area contributed by atoms with Crippen LogP contribution in [0.15, 0.2) is 24.3 Å². The molecule has 1 N–H and O–H groups in total. The number of aliphatic hydroxyl groups is 1. The second-order valence-electron chi connectivity index (χ2n) is 5.00. The average molecular weight is 266 g/mol. The van der Waals surface area contributed by atoms with Crippen molar-refractivity contribution in [2.45, 2.75) is 31.8 Å². The number of methoxy groups -OCH3 is 1. The Hall–Kier alpha value is -0.670. The molecule has 1 aromatic carbocycles. The minimum atomic E-state index is -0.217. The first kappa shape index (κ1) is 13.8. The highest BCUT2D eigenvalue weighted by Gasteiger charge is 2.18. The van der Waals surface area contributed by atoms with Crippen LogP contribution in [0.1, 0.15) is 24.8 Å². The van der Waals surface area contributed by atoms with Crippen molar-refractivity contribution in [3.63, 3.8) is 0 Å². The number of aliphatic hydroxyl groups excluding tert-OH is 1. The summed E-state index contributed by atoms with van der Waals surface area (Å²) in [6.07, 6.45) is 3.99. The maximum Gasteiger partial charge on any atom is 0.119 e. The summed E-state index contributed by atoms with van der Waals surface area (Å²) >= 11 is 2.04. The van der Waals surface area contributed by atoms with Crippen LogP contribution in [0.3, 0.4) is 0 Å². The van der Waals surface area contributed by atoms with Gasteiger partial charge in [0.25, 0.3) is 0 Å². The molecule has 0 saturated carbocycles. The van der Waals surface area contributed by atoms with Crippen molar-refractivity contribution in [1.82, 2.24) is 0 Å². The van der Waals surface area contributed by atoms with Gasteiger partial charge in [-0.05, 0) is 60.8 Å². The lowest BCUT2D eigenvalue weighted by Crippen LogP contribution is -2.19. The van der Waals surface area contributed by atoms with E-state index in [1.807, 2.05) is 30.0 Å². The molecule has 3 heteroatoms. The Kier molecular flexibility index (Phi) is 5.39. The molecule has 0 radical (unpaired) electrons. The quantitative estimate of drug-likeness (QED) is 0.888. The summed E-state index contributed by atoms with van der Waals surface area (Å²) in [5, 5.41) is 10.2. The predicted octanol–water partition coefficient (Wildman–Crippen LogP) is 3.13. The van der Waals surface area contributed by atoms with Gasteiger partial charge in [-0.3, -0.25) is 0 Å². The number of hydrogen-bond acceptors (Lipinski definition) is 3. The van der Waals surface area contributed by atoms with Crippen LogP contribution in [0.4, 0.5) is 0 Å². The fraction of sp³-hybridized carbons (Fsp3) is 0.600. The van der Waals surface area contributed by atoms with Gasteiger partial charge in [0.2, 0.25) is 0 Å². The van der Waals surface area contributed by atoms with E-state index >= 15 is 0 Å². The summed E-state index contributed by atoms with van der Waals surface area (Å²) in [5.74, 6) is 4.10. The Bertz CT molecular complexity index is 361. The summed E-state index contributed by atoms with van der Waals surface area (Å²) in [6, 6.07) is 7.99. The van der Waals surface area contributed by atoms with Gasteiger partial charge in [-0.1, -0.05) is 12.1 Å². The van der Waals surface area contributed by atoms with E-state index in [-0.39, 0.29) is 6.10 Å². The number of ether oxygens (including phenoxy) is 1. The third-order valence-corrected chi connectivity index (χ3v) is 4.60. The van der Waals surface area contributed by atoms with E-state index in [4.69, 9.17) is 4.74 Å². The zero-order chi connectivity index (χ0) is 12.8. The molecule has 1 atom stereocenters. The van der Waals surface area contributed by atoms with Crippen molar-refractivity contribution in [2.75, 3.05) is 18.6 Å². The van der Waals surface area contributed by atoms with Gasteiger partial charge in [-0.25, -0.2) is 0 Å². The molecule has 1 aliphatic heterocycles. The first-order chi connectivity index (χ1) is 8.78. The van der Waals surface area contributed by atoms with Crippen LogP contribution in [0.5, 0.6) is 5.75 Å². The second-order valence-corrected chi connectivity index (χ2v) is 6.23. The highest BCUT2D eigenvalue weighted by Crippen LogP contribution is 2.27. The largest absolute Gasteiger partial charge is 0.497 e. The van der Waals surface area contributed by atoms with E-state index < -0.39 is 0 Å². The smallest absolute Gasteiger partial charge is 0.119 e. The molecule has 1 aromatic rings. The van der Waals surface area contributed by atoms with Gasteiger partial charge in [0.05, 0.1) is 13.2 Å². The number of rotatable bonds is 5. The van der Waals surface area contributed by atoms with Gasteiger partial charge in [0.15, 0.2) is 0 Å². The Labute approximate surface area is 114 Å². The lowest BCUT2D eigenvalue weighted by molar-refractivity contribution is 0.139. The minimum absolute atomic E-state index is 0.217. The Balaban J connectivity index is 1.83. The van der Waals surface area contributed by atoms with E-state index in [2.05, 4.69) is 6.07 Å². The van der Waals surface area contributed by atoms with Crippen LogP contribution in [-0.2, 0) is 6.42 Å². The van der Waals surface area contributed by atoms with Gasteiger partial charge in [0.1, 0.15) is 5.75 Å². The van der Waals surface area contributed by atoms with E-state index in [1.54, 1.807) is 7.11 Å². The first-order valence-electron chi connectivity index (χ1n) is 6.66. The Morgan fingerprint density at radius 2 is 2.17 bits per heavy atom. The van der Waals surface area contributed by atoms with Crippen molar-refractivity contribution in [3.8, 4) is 5.75 Å². The normalized spacial score (nSPS) is 18.6.